The minimum absolute atomic E-state index is 0.146. The quantitative estimate of drug-likeness (QED) is 0.679. The molecule has 1 aliphatic carbocycles. The van der Waals surface area contributed by atoms with Gasteiger partial charge in [-0.2, -0.15) is 0 Å². The van der Waals surface area contributed by atoms with Crippen molar-refractivity contribution in [1.29, 1.82) is 0 Å². The largest absolute Gasteiger partial charge is 0.359 e. The number of carbonyl (C=O) groups is 1. The van der Waals surface area contributed by atoms with Crippen LogP contribution in [-0.4, -0.2) is 26.0 Å². The highest BCUT2D eigenvalue weighted by Gasteiger charge is 2.17. The standard InChI is InChI=1S/C13H26N2O/c1-11-5-3-6-12(9-11)10-15-8-4-7-13(16)14-2/h11-12,15H,3-10H2,1-2H3,(H,14,16). The summed E-state index contributed by atoms with van der Waals surface area (Å²) in [6.07, 6.45) is 7.15. The number of rotatable bonds is 6. The zero-order chi connectivity index (χ0) is 11.8. The molecule has 1 fully saturated rings. The summed E-state index contributed by atoms with van der Waals surface area (Å²) >= 11 is 0. The minimum atomic E-state index is 0.146. The second kappa shape index (κ2) is 7.66. The number of carbonyl (C=O) groups excluding carboxylic acids is 1. The summed E-state index contributed by atoms with van der Waals surface area (Å²) < 4.78 is 0. The summed E-state index contributed by atoms with van der Waals surface area (Å²) in [7, 11) is 1.69. The molecule has 0 heterocycles. The van der Waals surface area contributed by atoms with Gasteiger partial charge >= 0.3 is 0 Å². The Labute approximate surface area is 99.4 Å². The first-order chi connectivity index (χ1) is 7.72. The van der Waals surface area contributed by atoms with Gasteiger partial charge in [-0.15, -0.1) is 0 Å². The van der Waals surface area contributed by atoms with Gasteiger partial charge in [0.2, 0.25) is 5.91 Å². The fraction of sp³-hybridized carbons (Fsp3) is 0.923. The van der Waals surface area contributed by atoms with E-state index in [1.165, 1.54) is 25.7 Å². The molecule has 1 saturated carbocycles. The topological polar surface area (TPSA) is 41.1 Å². The fourth-order valence-electron chi connectivity index (χ4n) is 2.55. The molecule has 0 saturated heterocycles. The van der Waals surface area contributed by atoms with Crippen molar-refractivity contribution < 1.29 is 4.79 Å². The van der Waals surface area contributed by atoms with Crippen LogP contribution in [0.2, 0.25) is 0 Å². The summed E-state index contributed by atoms with van der Waals surface area (Å²) in [5, 5.41) is 6.12. The molecule has 2 N–H and O–H groups in total. The molecule has 94 valence electrons. The lowest BCUT2D eigenvalue weighted by atomic mass is 9.82. The van der Waals surface area contributed by atoms with Crippen molar-refractivity contribution in [3.8, 4) is 0 Å². The number of amides is 1. The third-order valence-corrected chi connectivity index (χ3v) is 3.51. The van der Waals surface area contributed by atoms with E-state index in [1.807, 2.05) is 0 Å². The Balaban J connectivity index is 1.96. The Kier molecular flexibility index (Phi) is 6.46. The Morgan fingerprint density at radius 3 is 2.88 bits per heavy atom. The predicted molar refractivity (Wildman–Crippen MR) is 67.3 cm³/mol. The van der Waals surface area contributed by atoms with Gasteiger partial charge in [-0.05, 0) is 44.2 Å². The van der Waals surface area contributed by atoms with Crippen LogP contribution in [0.15, 0.2) is 0 Å². The molecule has 3 heteroatoms. The molecule has 0 radical (unpaired) electrons. The molecule has 0 aromatic rings. The van der Waals surface area contributed by atoms with Gasteiger partial charge in [-0.25, -0.2) is 0 Å². The van der Waals surface area contributed by atoms with Crippen LogP contribution >= 0.6 is 0 Å². The summed E-state index contributed by atoms with van der Waals surface area (Å²) in [6.45, 7) is 4.47. The normalized spacial score (nSPS) is 25.4. The van der Waals surface area contributed by atoms with Crippen molar-refractivity contribution in [2.75, 3.05) is 20.1 Å². The van der Waals surface area contributed by atoms with Crippen molar-refractivity contribution in [1.82, 2.24) is 10.6 Å². The van der Waals surface area contributed by atoms with Gasteiger partial charge in [0.15, 0.2) is 0 Å². The van der Waals surface area contributed by atoms with Gasteiger partial charge in [-0.1, -0.05) is 19.8 Å². The monoisotopic (exact) mass is 226 g/mol. The molecule has 3 nitrogen and oxygen atoms in total. The van der Waals surface area contributed by atoms with Crippen LogP contribution in [0, 0.1) is 11.8 Å². The summed E-state index contributed by atoms with van der Waals surface area (Å²) in [6, 6.07) is 0. The molecule has 0 aromatic carbocycles. The first kappa shape index (κ1) is 13.5. The van der Waals surface area contributed by atoms with Crippen molar-refractivity contribution >= 4 is 5.91 Å². The van der Waals surface area contributed by atoms with Crippen LogP contribution in [0.3, 0.4) is 0 Å². The number of nitrogens with one attached hydrogen (secondary N) is 2. The summed E-state index contributed by atoms with van der Waals surface area (Å²) in [5.41, 5.74) is 0. The third-order valence-electron chi connectivity index (χ3n) is 3.51. The molecule has 1 amide bonds. The lowest BCUT2D eigenvalue weighted by Crippen LogP contribution is -2.28. The average molecular weight is 226 g/mol. The van der Waals surface area contributed by atoms with E-state index in [0.717, 1.165) is 31.3 Å². The van der Waals surface area contributed by atoms with Gasteiger partial charge in [0.05, 0.1) is 0 Å². The first-order valence-corrected chi connectivity index (χ1v) is 6.63. The van der Waals surface area contributed by atoms with Crippen molar-refractivity contribution in [2.24, 2.45) is 11.8 Å². The highest BCUT2D eigenvalue weighted by Crippen LogP contribution is 2.27. The van der Waals surface area contributed by atoms with E-state index in [9.17, 15) is 4.79 Å². The first-order valence-electron chi connectivity index (χ1n) is 6.63. The van der Waals surface area contributed by atoms with E-state index >= 15 is 0 Å². The Morgan fingerprint density at radius 2 is 2.19 bits per heavy atom. The lowest BCUT2D eigenvalue weighted by molar-refractivity contribution is -0.120. The zero-order valence-corrected chi connectivity index (χ0v) is 10.7. The average Bonchev–Trinajstić information content (AvgIpc) is 2.28. The highest BCUT2D eigenvalue weighted by atomic mass is 16.1. The fourth-order valence-corrected chi connectivity index (χ4v) is 2.55. The van der Waals surface area contributed by atoms with E-state index in [4.69, 9.17) is 0 Å². The maximum absolute atomic E-state index is 11.0. The van der Waals surface area contributed by atoms with Crippen LogP contribution in [-0.2, 0) is 4.79 Å². The van der Waals surface area contributed by atoms with Gasteiger partial charge in [0.1, 0.15) is 0 Å². The molecule has 1 aliphatic rings. The highest BCUT2D eigenvalue weighted by molar-refractivity contribution is 5.75. The van der Waals surface area contributed by atoms with Gasteiger partial charge in [0, 0.05) is 13.5 Å². The molecular formula is C13H26N2O. The maximum atomic E-state index is 11.0. The smallest absolute Gasteiger partial charge is 0.219 e. The molecule has 0 aromatic heterocycles. The molecule has 16 heavy (non-hydrogen) atoms. The Hall–Kier alpha value is -0.570. The molecule has 2 unspecified atom stereocenters. The molecule has 0 spiro atoms. The van der Waals surface area contributed by atoms with E-state index in [0.29, 0.717) is 6.42 Å². The second-order valence-corrected chi connectivity index (χ2v) is 5.12. The third kappa shape index (κ3) is 5.50. The number of hydrogen-bond donors (Lipinski definition) is 2. The van der Waals surface area contributed by atoms with Crippen LogP contribution in [0.25, 0.3) is 0 Å². The van der Waals surface area contributed by atoms with Crippen molar-refractivity contribution in [3.05, 3.63) is 0 Å². The van der Waals surface area contributed by atoms with Crippen molar-refractivity contribution in [2.45, 2.75) is 45.4 Å². The van der Waals surface area contributed by atoms with Gasteiger partial charge in [-0.3, -0.25) is 4.79 Å². The Bertz CT molecular complexity index is 206. The second-order valence-electron chi connectivity index (χ2n) is 5.12. The van der Waals surface area contributed by atoms with E-state index in [1.54, 1.807) is 7.05 Å². The predicted octanol–water partition coefficient (Wildman–Crippen LogP) is 1.93. The maximum Gasteiger partial charge on any atom is 0.219 e. The van der Waals surface area contributed by atoms with Crippen LogP contribution < -0.4 is 10.6 Å². The van der Waals surface area contributed by atoms with E-state index in [-0.39, 0.29) is 5.91 Å². The molecular weight excluding hydrogens is 200 g/mol. The molecule has 1 rings (SSSR count). The van der Waals surface area contributed by atoms with Crippen LogP contribution in [0.1, 0.15) is 45.4 Å². The molecule has 0 aliphatic heterocycles. The molecule has 0 bridgehead atoms. The molecule has 2 atom stereocenters. The zero-order valence-electron chi connectivity index (χ0n) is 10.7. The van der Waals surface area contributed by atoms with Gasteiger partial charge in [0.25, 0.3) is 0 Å². The van der Waals surface area contributed by atoms with Crippen LogP contribution in [0.5, 0.6) is 0 Å². The Morgan fingerprint density at radius 1 is 1.38 bits per heavy atom. The summed E-state index contributed by atoms with van der Waals surface area (Å²) in [4.78, 5) is 11.0. The van der Waals surface area contributed by atoms with Crippen LogP contribution in [0.4, 0.5) is 0 Å². The SMILES string of the molecule is CNC(=O)CCCNCC1CCCC(C)C1. The number of hydrogen-bond acceptors (Lipinski definition) is 2. The summed E-state index contributed by atoms with van der Waals surface area (Å²) in [5.74, 6) is 1.92. The van der Waals surface area contributed by atoms with E-state index in [2.05, 4.69) is 17.6 Å². The van der Waals surface area contributed by atoms with Gasteiger partial charge < -0.3 is 10.6 Å². The van der Waals surface area contributed by atoms with E-state index < -0.39 is 0 Å². The lowest BCUT2D eigenvalue weighted by Gasteiger charge is -2.26. The van der Waals surface area contributed by atoms with Crippen molar-refractivity contribution in [3.63, 3.8) is 0 Å². The minimum Gasteiger partial charge on any atom is -0.359 e.